The Morgan fingerprint density at radius 1 is 1.22 bits per heavy atom. The maximum absolute atomic E-state index is 6.10. The topological polar surface area (TPSA) is 27.1 Å². The van der Waals surface area contributed by atoms with E-state index in [1.165, 1.54) is 0 Å². The van der Waals surface area contributed by atoms with Gasteiger partial charge in [-0.3, -0.25) is 0 Å². The van der Waals surface area contributed by atoms with E-state index >= 15 is 0 Å². The maximum Gasteiger partial charge on any atom is 0.220 e. The average molecular weight is 350 g/mol. The minimum Gasteiger partial charge on any atom is -0.437 e. The van der Waals surface area contributed by atoms with Crippen LogP contribution in [0.25, 0.3) is 0 Å². The van der Waals surface area contributed by atoms with Gasteiger partial charge in [0.05, 0.1) is 15.7 Å². The number of hydrogen-bond acceptors (Lipinski definition) is 2. The molecule has 0 spiro atoms. The zero-order valence-electron chi connectivity index (χ0n) is 10.1. The molecule has 0 fully saturated rings. The molecule has 0 saturated heterocycles. The summed E-state index contributed by atoms with van der Waals surface area (Å²) in [6, 6.07) is 3.38. The van der Waals surface area contributed by atoms with Crippen LogP contribution in [0.2, 0.25) is 10.0 Å². The van der Waals surface area contributed by atoms with Crippen LogP contribution in [0.5, 0.6) is 11.6 Å². The highest BCUT2D eigenvalue weighted by molar-refractivity contribution is 9.10. The number of aryl methyl sites for hydroxylation is 2. The molecule has 1 heterocycles. The fourth-order valence-corrected chi connectivity index (χ4v) is 2.32. The Morgan fingerprint density at radius 2 is 1.89 bits per heavy atom. The highest BCUT2D eigenvalue weighted by Gasteiger charge is 2.14. The summed E-state index contributed by atoms with van der Waals surface area (Å²) in [4.78, 5) is 0. The van der Waals surface area contributed by atoms with Crippen molar-refractivity contribution < 1.29 is 4.74 Å². The van der Waals surface area contributed by atoms with Gasteiger partial charge in [0.25, 0.3) is 0 Å². The van der Waals surface area contributed by atoms with Crippen LogP contribution in [0, 0.1) is 13.8 Å². The predicted molar refractivity (Wildman–Crippen MR) is 76.9 cm³/mol. The third kappa shape index (κ3) is 2.51. The van der Waals surface area contributed by atoms with E-state index in [2.05, 4.69) is 21.0 Å². The first-order valence-corrected chi connectivity index (χ1v) is 6.77. The number of halogens is 3. The van der Waals surface area contributed by atoms with Crippen molar-refractivity contribution in [3.05, 3.63) is 37.9 Å². The summed E-state index contributed by atoms with van der Waals surface area (Å²) in [6.45, 7) is 3.89. The number of benzene rings is 1. The molecule has 96 valence electrons. The van der Waals surface area contributed by atoms with Crippen molar-refractivity contribution in [2.75, 3.05) is 0 Å². The van der Waals surface area contributed by atoms with Gasteiger partial charge in [-0.05, 0) is 41.9 Å². The highest BCUT2D eigenvalue weighted by atomic mass is 79.9. The lowest BCUT2D eigenvalue weighted by Crippen LogP contribution is -1.96. The second-order valence-corrected chi connectivity index (χ2v) is 5.61. The van der Waals surface area contributed by atoms with E-state index in [1.54, 1.807) is 16.8 Å². The second-order valence-electron chi connectivity index (χ2n) is 3.94. The molecular formula is C12H11BrCl2N2O. The largest absolute Gasteiger partial charge is 0.437 e. The van der Waals surface area contributed by atoms with Crippen LogP contribution >= 0.6 is 39.1 Å². The van der Waals surface area contributed by atoms with Crippen LogP contribution in [-0.2, 0) is 7.05 Å². The quantitative estimate of drug-likeness (QED) is 0.721. The molecule has 6 heteroatoms. The van der Waals surface area contributed by atoms with Crippen LogP contribution in [0.3, 0.4) is 0 Å². The molecule has 3 nitrogen and oxygen atoms in total. The van der Waals surface area contributed by atoms with Crippen molar-refractivity contribution in [1.82, 2.24) is 9.78 Å². The zero-order valence-corrected chi connectivity index (χ0v) is 13.2. The van der Waals surface area contributed by atoms with E-state index in [9.17, 15) is 0 Å². The van der Waals surface area contributed by atoms with Gasteiger partial charge in [0, 0.05) is 17.1 Å². The molecule has 0 N–H and O–H groups in total. The lowest BCUT2D eigenvalue weighted by Gasteiger charge is -2.10. The first kappa shape index (κ1) is 13.7. The van der Waals surface area contributed by atoms with E-state index in [0.717, 1.165) is 15.7 Å². The molecule has 2 aromatic rings. The first-order chi connectivity index (χ1) is 8.40. The van der Waals surface area contributed by atoms with Gasteiger partial charge in [0.15, 0.2) is 0 Å². The average Bonchev–Trinajstić information content (AvgIpc) is 2.52. The van der Waals surface area contributed by atoms with Crippen molar-refractivity contribution in [2.45, 2.75) is 13.8 Å². The fourth-order valence-electron chi connectivity index (χ4n) is 1.57. The smallest absolute Gasteiger partial charge is 0.220 e. The number of hydrogen-bond donors (Lipinski definition) is 0. The molecule has 0 unspecified atom stereocenters. The molecule has 2 rings (SSSR count). The van der Waals surface area contributed by atoms with E-state index in [4.69, 9.17) is 27.9 Å². The van der Waals surface area contributed by atoms with Crippen molar-refractivity contribution in [1.29, 1.82) is 0 Å². The van der Waals surface area contributed by atoms with E-state index in [-0.39, 0.29) is 0 Å². The summed E-state index contributed by atoms with van der Waals surface area (Å²) in [5, 5.41) is 5.29. The summed E-state index contributed by atoms with van der Waals surface area (Å²) in [7, 11) is 1.83. The Kier molecular flexibility index (Phi) is 3.90. The van der Waals surface area contributed by atoms with Gasteiger partial charge in [-0.1, -0.05) is 23.2 Å². The van der Waals surface area contributed by atoms with Gasteiger partial charge in [-0.2, -0.15) is 5.10 Å². The van der Waals surface area contributed by atoms with Gasteiger partial charge in [0.1, 0.15) is 5.75 Å². The van der Waals surface area contributed by atoms with Crippen molar-refractivity contribution in [3.63, 3.8) is 0 Å². The van der Waals surface area contributed by atoms with Crippen LogP contribution < -0.4 is 4.74 Å². The molecule has 1 aromatic heterocycles. The van der Waals surface area contributed by atoms with E-state index in [1.807, 2.05) is 20.9 Å². The molecule has 0 aliphatic rings. The lowest BCUT2D eigenvalue weighted by molar-refractivity contribution is 0.427. The molecular weight excluding hydrogens is 339 g/mol. The van der Waals surface area contributed by atoms with Crippen molar-refractivity contribution in [3.8, 4) is 11.6 Å². The summed E-state index contributed by atoms with van der Waals surface area (Å²) in [5.74, 6) is 1.21. The van der Waals surface area contributed by atoms with Gasteiger partial charge >= 0.3 is 0 Å². The molecule has 0 aliphatic carbocycles. The number of rotatable bonds is 2. The second kappa shape index (κ2) is 5.11. The van der Waals surface area contributed by atoms with Gasteiger partial charge in [-0.15, -0.1) is 0 Å². The Bertz CT molecular complexity index is 611. The van der Waals surface area contributed by atoms with Gasteiger partial charge < -0.3 is 4.74 Å². The summed E-state index contributed by atoms with van der Waals surface area (Å²) in [6.07, 6.45) is 0. The summed E-state index contributed by atoms with van der Waals surface area (Å²) < 4.78 is 8.23. The molecule has 0 aliphatic heterocycles. The fraction of sp³-hybridized carbons (Fsp3) is 0.250. The standard InChI is InChI=1S/C12H11BrCl2N2O/c1-6-7(2)16-17(3)12(6)18-11-4-8(13)9(14)5-10(11)15/h4-5H,1-3H3. The molecule has 0 saturated carbocycles. The third-order valence-corrected chi connectivity index (χ3v) is 4.13. The van der Waals surface area contributed by atoms with Crippen LogP contribution in [-0.4, -0.2) is 9.78 Å². The van der Waals surface area contributed by atoms with Crippen molar-refractivity contribution >= 4 is 39.1 Å². The molecule has 0 atom stereocenters. The number of ether oxygens (including phenoxy) is 1. The molecule has 0 radical (unpaired) electrons. The Labute approximate surface area is 124 Å². The predicted octanol–water partition coefficient (Wildman–Crippen LogP) is 4.90. The van der Waals surface area contributed by atoms with Crippen molar-refractivity contribution in [2.24, 2.45) is 7.05 Å². The summed E-state index contributed by atoms with van der Waals surface area (Å²) >= 11 is 15.4. The third-order valence-electron chi connectivity index (χ3n) is 2.64. The van der Waals surface area contributed by atoms with Gasteiger partial charge in [-0.25, -0.2) is 4.68 Å². The Balaban J connectivity index is 2.43. The number of aromatic nitrogens is 2. The Hall–Kier alpha value is -0.710. The van der Waals surface area contributed by atoms with Crippen LogP contribution in [0.15, 0.2) is 16.6 Å². The Morgan fingerprint density at radius 3 is 2.44 bits per heavy atom. The van der Waals surface area contributed by atoms with Crippen LogP contribution in [0.4, 0.5) is 0 Å². The SMILES string of the molecule is Cc1nn(C)c(Oc2cc(Br)c(Cl)cc2Cl)c1C. The van der Waals surface area contributed by atoms with E-state index < -0.39 is 0 Å². The summed E-state index contributed by atoms with van der Waals surface area (Å²) in [5.41, 5.74) is 1.91. The molecule has 18 heavy (non-hydrogen) atoms. The van der Waals surface area contributed by atoms with E-state index in [0.29, 0.717) is 21.7 Å². The molecule has 1 aromatic carbocycles. The normalized spacial score (nSPS) is 10.8. The number of nitrogens with zero attached hydrogens (tertiary/aromatic N) is 2. The minimum atomic E-state index is 0.460. The zero-order chi connectivity index (χ0) is 13.4. The molecule has 0 amide bonds. The molecule has 0 bridgehead atoms. The maximum atomic E-state index is 6.10. The minimum absolute atomic E-state index is 0.460. The lowest BCUT2D eigenvalue weighted by atomic mass is 10.3. The first-order valence-electron chi connectivity index (χ1n) is 5.22. The highest BCUT2D eigenvalue weighted by Crippen LogP contribution is 2.37. The van der Waals surface area contributed by atoms with Gasteiger partial charge in [0.2, 0.25) is 5.88 Å². The van der Waals surface area contributed by atoms with Crippen LogP contribution in [0.1, 0.15) is 11.3 Å². The monoisotopic (exact) mass is 348 g/mol.